The molecule has 0 saturated carbocycles. The Bertz CT molecular complexity index is 380. The number of hydrogen-bond donors (Lipinski definition) is 1. The first-order chi connectivity index (χ1) is 6.66. The third-order valence-corrected chi connectivity index (χ3v) is 3.86. The summed E-state index contributed by atoms with van der Waals surface area (Å²) in [7, 11) is 0. The largest absolute Gasteiger partial charge is 0.324 e. The van der Waals surface area contributed by atoms with Crippen molar-refractivity contribution in [1.29, 1.82) is 0 Å². The molecule has 1 atom stereocenters. The maximum Gasteiger partial charge on any atom is 0.225 e. The summed E-state index contributed by atoms with van der Waals surface area (Å²) >= 11 is 5.17. The minimum absolute atomic E-state index is 0.0932. The van der Waals surface area contributed by atoms with Gasteiger partial charge in [-0.1, -0.05) is 13.0 Å². The predicted molar refractivity (Wildman–Crippen MR) is 62.7 cm³/mol. The molecule has 1 aliphatic rings. The summed E-state index contributed by atoms with van der Waals surface area (Å²) in [4.78, 5) is 12.6. The van der Waals surface area contributed by atoms with E-state index in [4.69, 9.17) is 0 Å². The SMILES string of the molecule is CC1CC(=O)Nc2c(Br)cccc2S1. The van der Waals surface area contributed by atoms with E-state index in [0.717, 1.165) is 15.1 Å². The van der Waals surface area contributed by atoms with Crippen molar-refractivity contribution >= 4 is 39.3 Å². The Morgan fingerprint density at radius 2 is 2.36 bits per heavy atom. The molecule has 0 fully saturated rings. The summed E-state index contributed by atoms with van der Waals surface area (Å²) < 4.78 is 0.949. The van der Waals surface area contributed by atoms with Crippen LogP contribution in [0.25, 0.3) is 0 Å². The molecule has 1 N–H and O–H groups in total. The van der Waals surface area contributed by atoms with Gasteiger partial charge in [0.15, 0.2) is 0 Å². The van der Waals surface area contributed by atoms with Crippen molar-refractivity contribution in [2.75, 3.05) is 5.32 Å². The van der Waals surface area contributed by atoms with Crippen LogP contribution in [0.15, 0.2) is 27.6 Å². The fourth-order valence-corrected chi connectivity index (χ4v) is 3.13. The minimum Gasteiger partial charge on any atom is -0.324 e. The second-order valence-electron chi connectivity index (χ2n) is 3.29. The van der Waals surface area contributed by atoms with Gasteiger partial charge in [-0.25, -0.2) is 0 Å². The van der Waals surface area contributed by atoms with Gasteiger partial charge in [-0.2, -0.15) is 0 Å². The lowest BCUT2D eigenvalue weighted by atomic mass is 10.3. The van der Waals surface area contributed by atoms with E-state index in [1.165, 1.54) is 0 Å². The summed E-state index contributed by atoms with van der Waals surface area (Å²) in [5.74, 6) is 0.0932. The second kappa shape index (κ2) is 3.95. The number of anilines is 1. The second-order valence-corrected chi connectivity index (χ2v) is 5.63. The summed E-state index contributed by atoms with van der Waals surface area (Å²) in [6, 6.07) is 5.96. The van der Waals surface area contributed by atoms with E-state index >= 15 is 0 Å². The number of rotatable bonds is 0. The zero-order valence-electron chi connectivity index (χ0n) is 7.71. The maximum atomic E-state index is 11.5. The Kier molecular flexibility index (Phi) is 2.83. The number of para-hydroxylation sites is 1. The van der Waals surface area contributed by atoms with Crippen LogP contribution in [0.4, 0.5) is 5.69 Å². The fourth-order valence-electron chi connectivity index (χ4n) is 1.43. The third-order valence-electron chi connectivity index (χ3n) is 2.04. The monoisotopic (exact) mass is 271 g/mol. The minimum atomic E-state index is 0.0932. The van der Waals surface area contributed by atoms with Gasteiger partial charge in [-0.05, 0) is 28.1 Å². The highest BCUT2D eigenvalue weighted by Crippen LogP contribution is 2.38. The quantitative estimate of drug-likeness (QED) is 0.785. The van der Waals surface area contributed by atoms with Crippen LogP contribution in [-0.4, -0.2) is 11.2 Å². The third kappa shape index (κ3) is 1.96. The molecule has 0 spiro atoms. The first-order valence-corrected chi connectivity index (χ1v) is 6.09. The van der Waals surface area contributed by atoms with E-state index in [1.807, 2.05) is 18.2 Å². The molecule has 0 saturated heterocycles. The molecule has 74 valence electrons. The average Bonchev–Trinajstić information content (AvgIpc) is 2.23. The molecule has 14 heavy (non-hydrogen) atoms. The fraction of sp³-hybridized carbons (Fsp3) is 0.300. The number of fused-ring (bicyclic) bond motifs is 1. The number of nitrogens with one attached hydrogen (secondary N) is 1. The maximum absolute atomic E-state index is 11.5. The van der Waals surface area contributed by atoms with E-state index in [9.17, 15) is 4.79 Å². The summed E-state index contributed by atoms with van der Waals surface area (Å²) in [5, 5.41) is 3.25. The topological polar surface area (TPSA) is 29.1 Å². The van der Waals surface area contributed by atoms with Crippen LogP contribution in [-0.2, 0) is 4.79 Å². The Hall–Kier alpha value is -0.480. The Labute approximate surface area is 95.6 Å². The highest BCUT2D eigenvalue weighted by molar-refractivity contribution is 9.10. The van der Waals surface area contributed by atoms with E-state index in [1.54, 1.807) is 11.8 Å². The zero-order chi connectivity index (χ0) is 10.1. The first kappa shape index (κ1) is 10.1. The van der Waals surface area contributed by atoms with Crippen LogP contribution < -0.4 is 5.32 Å². The molecule has 0 radical (unpaired) electrons. The van der Waals surface area contributed by atoms with Crippen LogP contribution in [0.1, 0.15) is 13.3 Å². The van der Waals surface area contributed by atoms with Crippen molar-refractivity contribution < 1.29 is 4.79 Å². The summed E-state index contributed by atoms with van der Waals surface area (Å²) in [6.45, 7) is 2.07. The molecule has 1 aromatic rings. The standard InChI is InChI=1S/C10H10BrNOS/c1-6-5-9(13)12-10-7(11)3-2-4-8(10)14-6/h2-4,6H,5H2,1H3,(H,12,13). The zero-order valence-corrected chi connectivity index (χ0v) is 10.1. The van der Waals surface area contributed by atoms with Gasteiger partial charge in [-0.15, -0.1) is 11.8 Å². The lowest BCUT2D eigenvalue weighted by Gasteiger charge is -2.08. The molecule has 2 rings (SSSR count). The smallest absolute Gasteiger partial charge is 0.225 e. The summed E-state index contributed by atoms with van der Waals surface area (Å²) in [6.07, 6.45) is 0.575. The number of benzene rings is 1. The molecule has 2 nitrogen and oxygen atoms in total. The molecular formula is C10H10BrNOS. The predicted octanol–water partition coefficient (Wildman–Crippen LogP) is 3.27. The normalized spacial score (nSPS) is 21.0. The number of thioether (sulfide) groups is 1. The number of carbonyl (C=O) groups excluding carboxylic acids is 1. The van der Waals surface area contributed by atoms with Gasteiger partial charge < -0.3 is 5.32 Å². The van der Waals surface area contributed by atoms with Crippen molar-refractivity contribution in [3.63, 3.8) is 0 Å². The van der Waals surface area contributed by atoms with Crippen LogP contribution >= 0.6 is 27.7 Å². The van der Waals surface area contributed by atoms with Crippen LogP contribution in [0.3, 0.4) is 0 Å². The van der Waals surface area contributed by atoms with E-state index in [0.29, 0.717) is 11.7 Å². The Morgan fingerprint density at radius 1 is 1.57 bits per heavy atom. The van der Waals surface area contributed by atoms with Gasteiger partial charge in [0.25, 0.3) is 0 Å². The molecule has 0 aliphatic carbocycles. The molecule has 1 unspecified atom stereocenters. The molecular weight excluding hydrogens is 262 g/mol. The van der Waals surface area contributed by atoms with Crippen molar-refractivity contribution in [2.45, 2.75) is 23.5 Å². The van der Waals surface area contributed by atoms with Crippen molar-refractivity contribution in [2.24, 2.45) is 0 Å². The number of amides is 1. The lowest BCUT2D eigenvalue weighted by molar-refractivity contribution is -0.116. The van der Waals surface area contributed by atoms with Crippen molar-refractivity contribution in [1.82, 2.24) is 0 Å². The van der Waals surface area contributed by atoms with Crippen molar-refractivity contribution in [3.05, 3.63) is 22.7 Å². The Morgan fingerprint density at radius 3 is 3.14 bits per heavy atom. The molecule has 0 bridgehead atoms. The molecule has 1 aromatic carbocycles. The number of hydrogen-bond acceptors (Lipinski definition) is 2. The van der Waals surface area contributed by atoms with Gasteiger partial charge in [0.2, 0.25) is 5.91 Å². The highest BCUT2D eigenvalue weighted by atomic mass is 79.9. The van der Waals surface area contributed by atoms with Crippen LogP contribution in [0.5, 0.6) is 0 Å². The molecule has 1 amide bonds. The van der Waals surface area contributed by atoms with E-state index < -0.39 is 0 Å². The molecule has 1 heterocycles. The van der Waals surface area contributed by atoms with E-state index in [-0.39, 0.29) is 5.91 Å². The van der Waals surface area contributed by atoms with Gasteiger partial charge in [0.1, 0.15) is 0 Å². The van der Waals surface area contributed by atoms with Gasteiger partial charge in [-0.3, -0.25) is 4.79 Å². The van der Waals surface area contributed by atoms with E-state index in [2.05, 4.69) is 28.2 Å². The van der Waals surface area contributed by atoms with Gasteiger partial charge >= 0.3 is 0 Å². The number of carbonyl (C=O) groups is 1. The van der Waals surface area contributed by atoms with Crippen LogP contribution in [0.2, 0.25) is 0 Å². The molecule has 1 aliphatic heterocycles. The Balaban J connectivity index is 2.46. The van der Waals surface area contributed by atoms with Crippen LogP contribution in [0, 0.1) is 0 Å². The first-order valence-electron chi connectivity index (χ1n) is 4.42. The van der Waals surface area contributed by atoms with Gasteiger partial charge in [0.05, 0.1) is 5.69 Å². The van der Waals surface area contributed by atoms with Gasteiger partial charge in [0, 0.05) is 21.0 Å². The molecule has 4 heteroatoms. The average molecular weight is 272 g/mol. The highest BCUT2D eigenvalue weighted by Gasteiger charge is 2.19. The summed E-state index contributed by atoms with van der Waals surface area (Å²) in [5.41, 5.74) is 0.909. The van der Waals surface area contributed by atoms with Crippen molar-refractivity contribution in [3.8, 4) is 0 Å². The molecule has 0 aromatic heterocycles. The lowest BCUT2D eigenvalue weighted by Crippen LogP contribution is -2.13. The number of halogens is 1.